The Morgan fingerprint density at radius 2 is 1.90 bits per heavy atom. The number of amides is 2. The van der Waals surface area contributed by atoms with Crippen molar-refractivity contribution in [3.05, 3.63) is 34.9 Å². The number of carbonyl (C=O) groups excluding carboxylic acids is 2. The molecular weight excluding hydrogens is 278 g/mol. The first kappa shape index (κ1) is 14.5. The Kier molecular flexibility index (Phi) is 5.12. The van der Waals surface area contributed by atoms with E-state index in [2.05, 4.69) is 10.5 Å². The summed E-state index contributed by atoms with van der Waals surface area (Å²) >= 11 is 5.94. The van der Waals surface area contributed by atoms with Gasteiger partial charge in [-0.2, -0.15) is 5.10 Å². The maximum Gasteiger partial charge on any atom is 0.329 e. The Morgan fingerprint density at radius 3 is 2.60 bits per heavy atom. The van der Waals surface area contributed by atoms with Gasteiger partial charge in [0, 0.05) is 23.7 Å². The molecule has 0 aliphatic carbocycles. The summed E-state index contributed by atoms with van der Waals surface area (Å²) in [4.78, 5) is 25.0. The maximum atomic E-state index is 11.8. The minimum Gasteiger partial charge on any atom is -0.334 e. The van der Waals surface area contributed by atoms with Gasteiger partial charge in [-0.05, 0) is 25.3 Å². The number of hydrazone groups is 1. The van der Waals surface area contributed by atoms with Gasteiger partial charge in [-0.1, -0.05) is 29.8 Å². The van der Waals surface area contributed by atoms with Crippen molar-refractivity contribution in [2.45, 2.75) is 19.3 Å². The average molecular weight is 294 g/mol. The van der Waals surface area contributed by atoms with E-state index in [1.165, 1.54) is 6.21 Å². The molecule has 1 aromatic rings. The SMILES string of the molecule is O=C(N/N=C\c1ccccc1Cl)C(=O)N1CCCCC1. The molecule has 1 aliphatic heterocycles. The fourth-order valence-corrected chi connectivity index (χ4v) is 2.21. The molecule has 0 saturated carbocycles. The highest BCUT2D eigenvalue weighted by Gasteiger charge is 2.22. The van der Waals surface area contributed by atoms with Crippen molar-refractivity contribution in [2.75, 3.05) is 13.1 Å². The van der Waals surface area contributed by atoms with Crippen LogP contribution in [0.3, 0.4) is 0 Å². The molecule has 106 valence electrons. The van der Waals surface area contributed by atoms with Crippen LogP contribution in [0.15, 0.2) is 29.4 Å². The molecule has 5 nitrogen and oxygen atoms in total. The number of rotatable bonds is 2. The lowest BCUT2D eigenvalue weighted by Crippen LogP contribution is -2.43. The molecule has 0 radical (unpaired) electrons. The molecule has 6 heteroatoms. The molecule has 1 fully saturated rings. The molecular formula is C14H16ClN3O2. The molecule has 1 heterocycles. The zero-order valence-electron chi connectivity index (χ0n) is 11.0. The first-order chi connectivity index (χ1) is 9.68. The van der Waals surface area contributed by atoms with E-state index in [1.807, 2.05) is 6.07 Å². The van der Waals surface area contributed by atoms with Crippen LogP contribution >= 0.6 is 11.6 Å². The molecule has 0 unspecified atom stereocenters. The molecule has 0 aromatic heterocycles. The Morgan fingerprint density at radius 1 is 1.20 bits per heavy atom. The Bertz CT molecular complexity index is 525. The van der Waals surface area contributed by atoms with Gasteiger partial charge in [0.2, 0.25) is 0 Å². The minimum absolute atomic E-state index is 0.527. The zero-order chi connectivity index (χ0) is 14.4. The molecule has 1 aromatic carbocycles. The highest BCUT2D eigenvalue weighted by molar-refractivity contribution is 6.35. The normalized spacial score (nSPS) is 15.3. The molecule has 0 atom stereocenters. The minimum atomic E-state index is -0.713. The standard InChI is InChI=1S/C14H16ClN3O2/c15-12-7-3-2-6-11(12)10-16-17-13(19)14(20)18-8-4-1-5-9-18/h2-3,6-7,10H,1,4-5,8-9H2,(H,17,19)/b16-10-. The Hall–Kier alpha value is -1.88. The number of hydrogen-bond acceptors (Lipinski definition) is 3. The smallest absolute Gasteiger partial charge is 0.329 e. The second kappa shape index (κ2) is 7.05. The lowest BCUT2D eigenvalue weighted by atomic mass is 10.1. The molecule has 0 spiro atoms. The van der Waals surface area contributed by atoms with Gasteiger partial charge in [0.05, 0.1) is 6.21 Å². The van der Waals surface area contributed by atoms with Gasteiger partial charge in [0.15, 0.2) is 0 Å². The van der Waals surface area contributed by atoms with Gasteiger partial charge in [-0.3, -0.25) is 9.59 Å². The number of benzene rings is 1. The van der Waals surface area contributed by atoms with Gasteiger partial charge in [-0.15, -0.1) is 0 Å². The third kappa shape index (κ3) is 3.81. The van der Waals surface area contributed by atoms with E-state index in [4.69, 9.17) is 11.6 Å². The van der Waals surface area contributed by atoms with Crippen LogP contribution < -0.4 is 5.43 Å². The first-order valence-electron chi connectivity index (χ1n) is 6.55. The van der Waals surface area contributed by atoms with Crippen LogP contribution in [0.1, 0.15) is 24.8 Å². The number of halogens is 1. The number of hydrogen-bond donors (Lipinski definition) is 1. The molecule has 2 amide bonds. The first-order valence-corrected chi connectivity index (χ1v) is 6.93. The van der Waals surface area contributed by atoms with Crippen LogP contribution in [0.25, 0.3) is 0 Å². The van der Waals surface area contributed by atoms with E-state index in [9.17, 15) is 9.59 Å². The second-order valence-corrected chi connectivity index (χ2v) is 4.98. The van der Waals surface area contributed by atoms with Crippen molar-refractivity contribution in [2.24, 2.45) is 5.10 Å². The van der Waals surface area contributed by atoms with Crippen molar-refractivity contribution >= 4 is 29.6 Å². The summed E-state index contributed by atoms with van der Waals surface area (Å²) in [5.74, 6) is -1.24. The fraction of sp³-hybridized carbons (Fsp3) is 0.357. The molecule has 0 bridgehead atoms. The van der Waals surface area contributed by atoms with Crippen LogP contribution in [-0.4, -0.2) is 36.0 Å². The fourth-order valence-electron chi connectivity index (χ4n) is 2.03. The summed E-state index contributed by atoms with van der Waals surface area (Å²) in [5, 5.41) is 4.30. The number of nitrogens with zero attached hydrogens (tertiary/aromatic N) is 2. The van der Waals surface area contributed by atoms with E-state index in [0.717, 1.165) is 19.3 Å². The number of nitrogens with one attached hydrogen (secondary N) is 1. The quantitative estimate of drug-likeness (QED) is 0.513. The van der Waals surface area contributed by atoms with Gasteiger partial charge in [0.25, 0.3) is 0 Å². The van der Waals surface area contributed by atoms with E-state index in [-0.39, 0.29) is 0 Å². The van der Waals surface area contributed by atoms with Crippen molar-refractivity contribution in [1.82, 2.24) is 10.3 Å². The highest BCUT2D eigenvalue weighted by atomic mass is 35.5. The summed E-state index contributed by atoms with van der Waals surface area (Å²) in [5.41, 5.74) is 2.92. The number of likely N-dealkylation sites (tertiary alicyclic amines) is 1. The van der Waals surface area contributed by atoms with Crippen LogP contribution in [0.4, 0.5) is 0 Å². The number of piperidine rings is 1. The average Bonchev–Trinajstić information content (AvgIpc) is 2.49. The van der Waals surface area contributed by atoms with Gasteiger partial charge in [-0.25, -0.2) is 5.43 Å². The van der Waals surface area contributed by atoms with Crippen molar-refractivity contribution in [3.8, 4) is 0 Å². The van der Waals surface area contributed by atoms with E-state index in [1.54, 1.807) is 23.1 Å². The molecule has 1 aliphatic rings. The highest BCUT2D eigenvalue weighted by Crippen LogP contribution is 2.12. The van der Waals surface area contributed by atoms with Gasteiger partial charge in [0.1, 0.15) is 0 Å². The van der Waals surface area contributed by atoms with Crippen LogP contribution in [0.2, 0.25) is 5.02 Å². The van der Waals surface area contributed by atoms with Crippen molar-refractivity contribution in [3.63, 3.8) is 0 Å². The van der Waals surface area contributed by atoms with E-state index < -0.39 is 11.8 Å². The van der Waals surface area contributed by atoms with Crippen LogP contribution in [0.5, 0.6) is 0 Å². The lowest BCUT2D eigenvalue weighted by Gasteiger charge is -2.25. The van der Waals surface area contributed by atoms with Crippen molar-refractivity contribution < 1.29 is 9.59 Å². The number of carbonyl (C=O) groups is 2. The lowest BCUT2D eigenvalue weighted by molar-refractivity contribution is -0.146. The van der Waals surface area contributed by atoms with Crippen LogP contribution in [0, 0.1) is 0 Å². The third-order valence-electron chi connectivity index (χ3n) is 3.11. The second-order valence-electron chi connectivity index (χ2n) is 4.57. The summed E-state index contributed by atoms with van der Waals surface area (Å²) in [6.07, 6.45) is 4.42. The zero-order valence-corrected chi connectivity index (χ0v) is 11.8. The summed E-state index contributed by atoms with van der Waals surface area (Å²) in [6, 6.07) is 7.11. The van der Waals surface area contributed by atoms with E-state index in [0.29, 0.717) is 23.7 Å². The monoisotopic (exact) mass is 293 g/mol. The Labute approximate surface area is 122 Å². The van der Waals surface area contributed by atoms with Crippen LogP contribution in [-0.2, 0) is 9.59 Å². The largest absolute Gasteiger partial charge is 0.334 e. The predicted octanol–water partition coefficient (Wildman–Crippen LogP) is 1.80. The third-order valence-corrected chi connectivity index (χ3v) is 3.46. The predicted molar refractivity (Wildman–Crippen MR) is 77.6 cm³/mol. The molecule has 1 N–H and O–H groups in total. The van der Waals surface area contributed by atoms with E-state index >= 15 is 0 Å². The maximum absolute atomic E-state index is 11.8. The van der Waals surface area contributed by atoms with Gasteiger partial charge < -0.3 is 4.90 Å². The summed E-state index contributed by atoms with van der Waals surface area (Å²) < 4.78 is 0. The van der Waals surface area contributed by atoms with Crippen molar-refractivity contribution in [1.29, 1.82) is 0 Å². The summed E-state index contributed by atoms with van der Waals surface area (Å²) in [7, 11) is 0. The van der Waals surface area contributed by atoms with Gasteiger partial charge >= 0.3 is 11.8 Å². The molecule has 2 rings (SSSR count). The molecule has 20 heavy (non-hydrogen) atoms. The topological polar surface area (TPSA) is 61.8 Å². The molecule has 1 saturated heterocycles. The Balaban J connectivity index is 1.88. The summed E-state index contributed by atoms with van der Waals surface area (Å²) in [6.45, 7) is 1.28.